The highest BCUT2D eigenvalue weighted by Crippen LogP contribution is 2.26. The van der Waals surface area contributed by atoms with Crippen LogP contribution >= 0.6 is 12.2 Å². The van der Waals surface area contributed by atoms with Crippen LogP contribution in [0.15, 0.2) is 24.3 Å². The zero-order valence-corrected chi connectivity index (χ0v) is 17.3. The van der Waals surface area contributed by atoms with Crippen LogP contribution in [0.1, 0.15) is 26.3 Å². The molecule has 0 bridgehead atoms. The summed E-state index contributed by atoms with van der Waals surface area (Å²) in [6.07, 6.45) is -0.234. The fourth-order valence-corrected chi connectivity index (χ4v) is 3.90. The van der Waals surface area contributed by atoms with E-state index in [2.05, 4.69) is 0 Å². The molecule has 28 heavy (non-hydrogen) atoms. The first-order valence-electron chi connectivity index (χ1n) is 9.19. The molecule has 2 heterocycles. The standard InChI is InChI=1S/C19H26N4O4S/c1-12(2)23-17(13-5-7-15(26-3)8-6-13)20-22(19(23)28)11-21-10-14(24)9-16(21)18(25)27-4/h5-8,12,14,16,24H,9-11H2,1-4H3/t14-,16+/m1/s1. The van der Waals surface area contributed by atoms with Crippen LogP contribution in [-0.2, 0) is 16.2 Å². The molecule has 0 amide bonds. The van der Waals surface area contributed by atoms with Gasteiger partial charge < -0.3 is 14.6 Å². The van der Waals surface area contributed by atoms with Gasteiger partial charge in [0.2, 0.25) is 0 Å². The number of hydrogen-bond donors (Lipinski definition) is 1. The Labute approximate surface area is 169 Å². The number of β-amino-alcohol motifs (C(OH)–C–C–N with tert-alkyl or cyclic N) is 1. The number of carbonyl (C=O) groups is 1. The Hall–Kier alpha value is -2.23. The zero-order valence-electron chi connectivity index (χ0n) is 16.5. The normalized spacial score (nSPS) is 19.9. The van der Waals surface area contributed by atoms with Crippen molar-refractivity contribution in [2.75, 3.05) is 20.8 Å². The lowest BCUT2D eigenvalue weighted by Crippen LogP contribution is -2.38. The number of nitrogens with zero attached hydrogens (tertiary/aromatic N) is 4. The molecule has 152 valence electrons. The summed E-state index contributed by atoms with van der Waals surface area (Å²) in [5.74, 6) is 1.16. The van der Waals surface area contributed by atoms with E-state index < -0.39 is 12.1 Å². The van der Waals surface area contributed by atoms with Gasteiger partial charge in [0, 0.05) is 24.6 Å². The molecule has 3 rings (SSSR count). The van der Waals surface area contributed by atoms with Crippen molar-refractivity contribution in [3.05, 3.63) is 29.0 Å². The third-order valence-electron chi connectivity index (χ3n) is 4.91. The molecule has 9 heteroatoms. The number of benzene rings is 1. The van der Waals surface area contributed by atoms with Gasteiger partial charge in [0.25, 0.3) is 0 Å². The van der Waals surface area contributed by atoms with E-state index in [1.165, 1.54) is 7.11 Å². The average Bonchev–Trinajstić information content (AvgIpc) is 3.21. The van der Waals surface area contributed by atoms with Crippen LogP contribution in [0, 0.1) is 4.77 Å². The lowest BCUT2D eigenvalue weighted by atomic mass is 10.2. The van der Waals surface area contributed by atoms with Crippen LogP contribution in [0.5, 0.6) is 5.75 Å². The fourth-order valence-electron chi connectivity index (χ4n) is 3.50. The Morgan fingerprint density at radius 1 is 1.32 bits per heavy atom. The Bertz CT molecular complexity index is 890. The number of methoxy groups -OCH3 is 2. The maximum absolute atomic E-state index is 12.1. The molecule has 0 spiro atoms. The summed E-state index contributed by atoms with van der Waals surface area (Å²) >= 11 is 5.67. The molecule has 1 aromatic heterocycles. The third-order valence-corrected chi connectivity index (χ3v) is 5.31. The van der Waals surface area contributed by atoms with E-state index in [1.54, 1.807) is 11.8 Å². The number of carbonyl (C=O) groups excluding carboxylic acids is 1. The lowest BCUT2D eigenvalue weighted by molar-refractivity contribution is -0.146. The predicted molar refractivity (Wildman–Crippen MR) is 107 cm³/mol. The van der Waals surface area contributed by atoms with Crippen LogP contribution < -0.4 is 4.74 Å². The summed E-state index contributed by atoms with van der Waals surface area (Å²) in [4.78, 5) is 13.9. The summed E-state index contributed by atoms with van der Waals surface area (Å²) in [5.41, 5.74) is 0.922. The van der Waals surface area contributed by atoms with E-state index in [-0.39, 0.29) is 12.0 Å². The van der Waals surface area contributed by atoms with Crippen molar-refractivity contribution < 1.29 is 19.4 Å². The van der Waals surface area contributed by atoms with Crippen LogP contribution in [0.3, 0.4) is 0 Å². The van der Waals surface area contributed by atoms with Gasteiger partial charge in [-0.1, -0.05) is 0 Å². The van der Waals surface area contributed by atoms with Gasteiger partial charge in [0.05, 0.1) is 27.0 Å². The Balaban J connectivity index is 1.96. The molecule has 0 aliphatic carbocycles. The summed E-state index contributed by atoms with van der Waals surface area (Å²) < 4.78 is 14.3. The molecule has 1 fully saturated rings. The second kappa shape index (κ2) is 8.42. The molecule has 1 saturated heterocycles. The van der Waals surface area contributed by atoms with Crippen LogP contribution in [0.2, 0.25) is 0 Å². The van der Waals surface area contributed by atoms with Gasteiger partial charge in [-0.3, -0.25) is 14.3 Å². The van der Waals surface area contributed by atoms with E-state index in [4.69, 9.17) is 26.8 Å². The quantitative estimate of drug-likeness (QED) is 0.582. The maximum Gasteiger partial charge on any atom is 0.323 e. The smallest absolute Gasteiger partial charge is 0.323 e. The first kappa shape index (κ1) is 20.5. The van der Waals surface area contributed by atoms with Gasteiger partial charge in [0.15, 0.2) is 10.6 Å². The molecule has 2 aromatic rings. The Morgan fingerprint density at radius 2 is 2.00 bits per heavy atom. The molecule has 0 saturated carbocycles. The van der Waals surface area contributed by atoms with Gasteiger partial charge in [0.1, 0.15) is 11.8 Å². The number of esters is 1. The topological polar surface area (TPSA) is 81.8 Å². The summed E-state index contributed by atoms with van der Waals surface area (Å²) in [5, 5.41) is 14.7. The second-order valence-electron chi connectivity index (χ2n) is 7.14. The van der Waals surface area contributed by atoms with Gasteiger partial charge in [-0.2, -0.15) is 5.10 Å². The fraction of sp³-hybridized carbons (Fsp3) is 0.526. The van der Waals surface area contributed by atoms with Crippen molar-refractivity contribution in [3.8, 4) is 17.1 Å². The second-order valence-corrected chi connectivity index (χ2v) is 7.50. The molecular formula is C19H26N4O4S. The molecule has 2 atom stereocenters. The maximum atomic E-state index is 12.1. The number of likely N-dealkylation sites (tertiary alicyclic amines) is 1. The Morgan fingerprint density at radius 3 is 2.57 bits per heavy atom. The number of aromatic nitrogens is 3. The lowest BCUT2D eigenvalue weighted by Gasteiger charge is -2.21. The monoisotopic (exact) mass is 406 g/mol. The van der Waals surface area contributed by atoms with E-state index in [9.17, 15) is 9.90 Å². The molecule has 0 unspecified atom stereocenters. The number of ether oxygens (including phenoxy) is 2. The minimum atomic E-state index is -0.577. The first-order chi connectivity index (χ1) is 13.3. The minimum absolute atomic E-state index is 0.110. The van der Waals surface area contributed by atoms with Gasteiger partial charge in [-0.05, 0) is 50.3 Å². The molecule has 1 N–H and O–H groups in total. The number of hydrogen-bond acceptors (Lipinski definition) is 7. The van der Waals surface area contributed by atoms with Crippen molar-refractivity contribution in [1.82, 2.24) is 19.2 Å². The van der Waals surface area contributed by atoms with Crippen molar-refractivity contribution in [1.29, 1.82) is 0 Å². The molecule has 0 radical (unpaired) electrons. The van der Waals surface area contributed by atoms with E-state index in [0.29, 0.717) is 24.4 Å². The van der Waals surface area contributed by atoms with Gasteiger partial charge in [-0.25, -0.2) is 4.68 Å². The van der Waals surface area contributed by atoms with Crippen molar-refractivity contribution in [3.63, 3.8) is 0 Å². The van der Waals surface area contributed by atoms with E-state index >= 15 is 0 Å². The first-order valence-corrected chi connectivity index (χ1v) is 9.60. The van der Waals surface area contributed by atoms with Crippen molar-refractivity contribution in [2.24, 2.45) is 0 Å². The highest BCUT2D eigenvalue weighted by Gasteiger charge is 2.37. The number of aliphatic hydroxyl groups excluding tert-OH is 1. The third kappa shape index (κ3) is 3.96. The highest BCUT2D eigenvalue weighted by atomic mass is 32.1. The van der Waals surface area contributed by atoms with Crippen LogP contribution in [0.4, 0.5) is 0 Å². The van der Waals surface area contributed by atoms with Crippen LogP contribution in [0.25, 0.3) is 11.4 Å². The van der Waals surface area contributed by atoms with E-state index in [1.807, 2.05) is 47.6 Å². The minimum Gasteiger partial charge on any atom is -0.497 e. The van der Waals surface area contributed by atoms with Crippen molar-refractivity contribution >= 4 is 18.2 Å². The number of rotatable bonds is 6. The average molecular weight is 407 g/mol. The molecular weight excluding hydrogens is 380 g/mol. The zero-order chi connectivity index (χ0) is 20.4. The molecule has 1 aromatic carbocycles. The predicted octanol–water partition coefficient (Wildman–Crippen LogP) is 2.24. The molecule has 8 nitrogen and oxygen atoms in total. The SMILES string of the molecule is COC(=O)[C@@H]1C[C@@H](O)CN1Cn1nc(-c2ccc(OC)cc2)n(C(C)C)c1=S. The van der Waals surface area contributed by atoms with Gasteiger partial charge in [-0.15, -0.1) is 0 Å². The van der Waals surface area contributed by atoms with Crippen molar-refractivity contribution in [2.45, 2.75) is 45.1 Å². The number of aliphatic hydroxyl groups is 1. The molecule has 1 aliphatic heterocycles. The summed E-state index contributed by atoms with van der Waals surface area (Å²) in [6.45, 7) is 4.77. The largest absolute Gasteiger partial charge is 0.497 e. The summed E-state index contributed by atoms with van der Waals surface area (Å²) in [7, 11) is 2.98. The van der Waals surface area contributed by atoms with Gasteiger partial charge >= 0.3 is 5.97 Å². The molecule has 1 aliphatic rings. The Kier molecular flexibility index (Phi) is 6.17. The summed E-state index contributed by atoms with van der Waals surface area (Å²) in [6, 6.07) is 7.25. The van der Waals surface area contributed by atoms with E-state index in [0.717, 1.165) is 17.1 Å². The van der Waals surface area contributed by atoms with Crippen LogP contribution in [-0.4, -0.2) is 63.2 Å². The highest BCUT2D eigenvalue weighted by molar-refractivity contribution is 7.71.